The Kier molecular flexibility index (Phi) is 10.7. The van der Waals surface area contributed by atoms with Gasteiger partial charge in [-0.15, -0.1) is 11.8 Å². The third-order valence-electron chi connectivity index (χ3n) is 5.92. The molecule has 3 rings (SSSR count). The van der Waals surface area contributed by atoms with Gasteiger partial charge in [-0.05, 0) is 54.7 Å². The standard InChI is InChI=1S/C25H28Cl4N2O2S/c1-2-23(25(33)30-19-5-3-4-6-19)31(13-16-7-10-20(27)22(29)11-16)24(32)15-34-14-17-8-9-18(26)12-21(17)28/h7-12,19,23H,2-6,13-15H2,1H3,(H,30,33). The smallest absolute Gasteiger partial charge is 0.243 e. The van der Waals surface area contributed by atoms with E-state index >= 15 is 0 Å². The van der Waals surface area contributed by atoms with Gasteiger partial charge in [0.2, 0.25) is 11.8 Å². The van der Waals surface area contributed by atoms with E-state index in [4.69, 9.17) is 46.4 Å². The summed E-state index contributed by atoms with van der Waals surface area (Å²) in [4.78, 5) is 28.2. The van der Waals surface area contributed by atoms with Crippen LogP contribution in [0.4, 0.5) is 0 Å². The zero-order valence-corrected chi connectivity index (χ0v) is 22.8. The number of carbonyl (C=O) groups is 2. The van der Waals surface area contributed by atoms with E-state index in [1.54, 1.807) is 29.2 Å². The molecule has 1 aliphatic rings. The van der Waals surface area contributed by atoms with Crippen molar-refractivity contribution in [2.75, 3.05) is 5.75 Å². The first-order valence-electron chi connectivity index (χ1n) is 11.3. The van der Waals surface area contributed by atoms with Crippen molar-refractivity contribution in [3.05, 3.63) is 67.6 Å². The molecule has 0 saturated heterocycles. The number of hydrogen-bond acceptors (Lipinski definition) is 3. The molecule has 9 heteroatoms. The Labute approximate surface area is 225 Å². The van der Waals surface area contributed by atoms with Crippen LogP contribution >= 0.6 is 58.2 Å². The third kappa shape index (κ3) is 7.69. The quantitative estimate of drug-likeness (QED) is 0.329. The van der Waals surface area contributed by atoms with E-state index in [9.17, 15) is 9.59 Å². The Morgan fingerprint density at radius 3 is 2.41 bits per heavy atom. The van der Waals surface area contributed by atoms with Crippen molar-refractivity contribution >= 4 is 70.0 Å². The molecule has 0 bridgehead atoms. The van der Waals surface area contributed by atoms with Gasteiger partial charge in [-0.2, -0.15) is 0 Å². The summed E-state index contributed by atoms with van der Waals surface area (Å²) in [6, 6.07) is 10.2. The van der Waals surface area contributed by atoms with Crippen LogP contribution in [0.25, 0.3) is 0 Å². The molecule has 2 aromatic carbocycles. The second-order valence-corrected chi connectivity index (χ2v) is 11.1. The monoisotopic (exact) mass is 560 g/mol. The molecule has 0 spiro atoms. The van der Waals surface area contributed by atoms with Gasteiger partial charge in [-0.1, -0.05) is 78.3 Å². The minimum absolute atomic E-state index is 0.103. The molecule has 34 heavy (non-hydrogen) atoms. The molecule has 1 N–H and O–H groups in total. The summed E-state index contributed by atoms with van der Waals surface area (Å²) in [5, 5.41) is 5.16. The first-order chi connectivity index (χ1) is 16.3. The van der Waals surface area contributed by atoms with Crippen LogP contribution in [0, 0.1) is 0 Å². The number of carbonyl (C=O) groups excluding carboxylic acids is 2. The Morgan fingerprint density at radius 1 is 1.03 bits per heavy atom. The van der Waals surface area contributed by atoms with Crippen molar-refractivity contribution < 1.29 is 9.59 Å². The van der Waals surface area contributed by atoms with Crippen LogP contribution in [0.5, 0.6) is 0 Å². The normalized spacial score (nSPS) is 14.7. The Hall–Kier alpha value is -1.11. The molecular weight excluding hydrogens is 534 g/mol. The number of nitrogens with one attached hydrogen (secondary N) is 1. The number of rotatable bonds is 10. The lowest BCUT2D eigenvalue weighted by Crippen LogP contribution is -2.51. The van der Waals surface area contributed by atoms with Gasteiger partial charge < -0.3 is 10.2 Å². The molecule has 2 amide bonds. The fraction of sp³-hybridized carbons (Fsp3) is 0.440. The molecule has 1 saturated carbocycles. The van der Waals surface area contributed by atoms with Gasteiger partial charge >= 0.3 is 0 Å². The molecule has 4 nitrogen and oxygen atoms in total. The first-order valence-corrected chi connectivity index (χ1v) is 14.0. The van der Waals surface area contributed by atoms with Crippen LogP contribution in [0.1, 0.15) is 50.2 Å². The number of nitrogens with zero attached hydrogens (tertiary/aromatic N) is 1. The van der Waals surface area contributed by atoms with E-state index in [1.807, 2.05) is 19.1 Å². The molecule has 2 aromatic rings. The lowest BCUT2D eigenvalue weighted by Gasteiger charge is -2.31. The summed E-state index contributed by atoms with van der Waals surface area (Å²) in [5.41, 5.74) is 1.73. The number of halogens is 4. The summed E-state index contributed by atoms with van der Waals surface area (Å²) < 4.78 is 0. The molecule has 0 aromatic heterocycles. The van der Waals surface area contributed by atoms with Gasteiger partial charge in [-0.25, -0.2) is 0 Å². The summed E-state index contributed by atoms with van der Waals surface area (Å²) in [6.07, 6.45) is 4.73. The van der Waals surface area contributed by atoms with E-state index in [0.717, 1.165) is 36.8 Å². The van der Waals surface area contributed by atoms with E-state index in [2.05, 4.69) is 5.32 Å². The Morgan fingerprint density at radius 2 is 1.76 bits per heavy atom. The van der Waals surface area contributed by atoms with Crippen molar-refractivity contribution in [1.82, 2.24) is 10.2 Å². The predicted molar refractivity (Wildman–Crippen MR) is 144 cm³/mol. The van der Waals surface area contributed by atoms with Crippen molar-refractivity contribution in [2.24, 2.45) is 0 Å². The molecule has 0 aliphatic heterocycles. The minimum Gasteiger partial charge on any atom is -0.352 e. The van der Waals surface area contributed by atoms with Crippen LogP contribution in [0.2, 0.25) is 20.1 Å². The molecule has 184 valence electrons. The number of thioether (sulfide) groups is 1. The highest BCUT2D eigenvalue weighted by molar-refractivity contribution is 7.99. The maximum atomic E-state index is 13.4. The summed E-state index contributed by atoms with van der Waals surface area (Å²) in [5.74, 6) is 0.559. The number of benzene rings is 2. The van der Waals surface area contributed by atoms with Crippen LogP contribution in [0.15, 0.2) is 36.4 Å². The molecule has 0 heterocycles. The second kappa shape index (κ2) is 13.3. The molecule has 1 atom stereocenters. The molecular formula is C25H28Cl4N2O2S. The van der Waals surface area contributed by atoms with Crippen LogP contribution in [-0.2, 0) is 21.9 Å². The molecule has 1 unspecified atom stereocenters. The number of amides is 2. The maximum absolute atomic E-state index is 13.4. The highest BCUT2D eigenvalue weighted by atomic mass is 35.5. The SMILES string of the molecule is CCC(C(=O)NC1CCCC1)N(Cc1ccc(Cl)c(Cl)c1)C(=O)CSCc1ccc(Cl)cc1Cl. The fourth-order valence-corrected chi connectivity index (χ4v) is 5.88. The minimum atomic E-state index is -0.567. The number of hydrogen-bond donors (Lipinski definition) is 1. The lowest BCUT2D eigenvalue weighted by atomic mass is 10.1. The van der Waals surface area contributed by atoms with Crippen molar-refractivity contribution in [3.8, 4) is 0 Å². The average Bonchev–Trinajstić information content (AvgIpc) is 3.30. The fourth-order valence-electron chi connectivity index (χ4n) is 4.09. The summed E-state index contributed by atoms with van der Waals surface area (Å²) >= 11 is 26.0. The third-order valence-corrected chi connectivity index (χ3v) is 8.21. The van der Waals surface area contributed by atoms with Gasteiger partial charge in [0.25, 0.3) is 0 Å². The van der Waals surface area contributed by atoms with E-state index < -0.39 is 6.04 Å². The topological polar surface area (TPSA) is 49.4 Å². The van der Waals surface area contributed by atoms with Gasteiger partial charge in [0.05, 0.1) is 15.8 Å². The molecule has 1 aliphatic carbocycles. The predicted octanol–water partition coefficient (Wildman–Crippen LogP) is 7.40. The van der Waals surface area contributed by atoms with Gasteiger partial charge in [0.15, 0.2) is 0 Å². The van der Waals surface area contributed by atoms with Gasteiger partial charge in [0, 0.05) is 28.4 Å². The van der Waals surface area contributed by atoms with Crippen molar-refractivity contribution in [1.29, 1.82) is 0 Å². The van der Waals surface area contributed by atoms with E-state index in [-0.39, 0.29) is 30.2 Å². The van der Waals surface area contributed by atoms with Gasteiger partial charge in [0.1, 0.15) is 6.04 Å². The summed E-state index contributed by atoms with van der Waals surface area (Å²) in [7, 11) is 0. The molecule has 0 radical (unpaired) electrons. The lowest BCUT2D eigenvalue weighted by molar-refractivity contribution is -0.139. The maximum Gasteiger partial charge on any atom is 0.243 e. The Bertz CT molecular complexity index is 1010. The highest BCUT2D eigenvalue weighted by Crippen LogP contribution is 2.27. The van der Waals surface area contributed by atoms with Crippen LogP contribution < -0.4 is 5.32 Å². The zero-order chi connectivity index (χ0) is 24.7. The zero-order valence-electron chi connectivity index (χ0n) is 19.0. The van der Waals surface area contributed by atoms with E-state index in [0.29, 0.717) is 32.3 Å². The van der Waals surface area contributed by atoms with Crippen molar-refractivity contribution in [3.63, 3.8) is 0 Å². The highest BCUT2D eigenvalue weighted by Gasteiger charge is 2.30. The molecule has 1 fully saturated rings. The summed E-state index contributed by atoms with van der Waals surface area (Å²) in [6.45, 7) is 2.20. The van der Waals surface area contributed by atoms with Gasteiger partial charge in [-0.3, -0.25) is 9.59 Å². The largest absolute Gasteiger partial charge is 0.352 e. The van der Waals surface area contributed by atoms with Crippen LogP contribution in [-0.4, -0.2) is 34.6 Å². The average molecular weight is 562 g/mol. The Balaban J connectivity index is 1.73. The van der Waals surface area contributed by atoms with Crippen molar-refractivity contribution in [2.45, 2.75) is 63.4 Å². The van der Waals surface area contributed by atoms with Crippen LogP contribution in [0.3, 0.4) is 0 Å². The second-order valence-electron chi connectivity index (χ2n) is 8.41. The first kappa shape index (κ1) is 27.5. The van der Waals surface area contributed by atoms with E-state index in [1.165, 1.54) is 11.8 Å².